The summed E-state index contributed by atoms with van der Waals surface area (Å²) in [4.78, 5) is 0. The van der Waals surface area contributed by atoms with E-state index in [9.17, 15) is 0 Å². The minimum absolute atomic E-state index is 0.246. The Bertz CT molecular complexity index is 456. The molecule has 0 spiro atoms. The van der Waals surface area contributed by atoms with Crippen LogP contribution in [0, 0.1) is 0 Å². The average Bonchev–Trinajstić information content (AvgIpc) is 2.43. The molecule has 0 saturated heterocycles. The molecular formula is C15H21BrClNO2. The van der Waals surface area contributed by atoms with Gasteiger partial charge in [-0.05, 0) is 47.8 Å². The van der Waals surface area contributed by atoms with E-state index < -0.39 is 0 Å². The molecule has 0 aromatic heterocycles. The van der Waals surface area contributed by atoms with Crippen molar-refractivity contribution in [3.05, 3.63) is 21.6 Å². The molecule has 1 N–H and O–H groups in total. The molecule has 0 bridgehead atoms. The zero-order valence-electron chi connectivity index (χ0n) is 11.9. The summed E-state index contributed by atoms with van der Waals surface area (Å²) in [6.45, 7) is 2.59. The van der Waals surface area contributed by atoms with Gasteiger partial charge in [0.1, 0.15) is 0 Å². The number of benzene rings is 1. The number of hydrogen-bond acceptors (Lipinski definition) is 3. The summed E-state index contributed by atoms with van der Waals surface area (Å²) in [6.07, 6.45) is 4.90. The number of rotatable bonds is 5. The maximum Gasteiger partial charge on any atom is 0.156 e. The highest BCUT2D eigenvalue weighted by atomic mass is 79.9. The van der Waals surface area contributed by atoms with Crippen LogP contribution in [0.3, 0.4) is 0 Å². The minimum Gasteiger partial charge on any atom is -0.491 e. The van der Waals surface area contributed by atoms with Gasteiger partial charge in [-0.3, -0.25) is 0 Å². The molecule has 0 heterocycles. The van der Waals surface area contributed by atoms with Crippen molar-refractivity contribution < 1.29 is 9.47 Å². The molecule has 1 aromatic carbocycles. The van der Waals surface area contributed by atoms with Crippen molar-refractivity contribution in [2.75, 3.05) is 19.0 Å². The molecule has 1 saturated carbocycles. The number of anilines is 1. The highest BCUT2D eigenvalue weighted by Crippen LogP contribution is 2.38. The van der Waals surface area contributed by atoms with Gasteiger partial charge in [-0.25, -0.2) is 0 Å². The van der Waals surface area contributed by atoms with Gasteiger partial charge in [0.2, 0.25) is 0 Å². The van der Waals surface area contributed by atoms with Crippen LogP contribution in [0.4, 0.5) is 5.69 Å². The van der Waals surface area contributed by atoms with Crippen molar-refractivity contribution in [3.63, 3.8) is 0 Å². The third-order valence-corrected chi connectivity index (χ3v) is 4.45. The molecule has 2 atom stereocenters. The summed E-state index contributed by atoms with van der Waals surface area (Å²) >= 11 is 9.67. The highest BCUT2D eigenvalue weighted by molar-refractivity contribution is 9.10. The Kier molecular flexibility index (Phi) is 6.00. The fourth-order valence-corrected chi connectivity index (χ4v) is 3.63. The van der Waals surface area contributed by atoms with E-state index in [0.717, 1.165) is 28.8 Å². The Morgan fingerprint density at radius 1 is 1.35 bits per heavy atom. The Morgan fingerprint density at radius 2 is 2.10 bits per heavy atom. The van der Waals surface area contributed by atoms with Crippen molar-refractivity contribution in [2.24, 2.45) is 0 Å². The van der Waals surface area contributed by atoms with E-state index in [1.54, 1.807) is 7.11 Å². The molecule has 0 aliphatic heterocycles. The minimum atomic E-state index is 0.246. The Morgan fingerprint density at radius 3 is 2.80 bits per heavy atom. The molecule has 1 aromatic rings. The molecule has 3 nitrogen and oxygen atoms in total. The first-order chi connectivity index (χ1) is 9.65. The summed E-state index contributed by atoms with van der Waals surface area (Å²) in [6, 6.07) is 4.07. The predicted molar refractivity (Wildman–Crippen MR) is 87.0 cm³/mol. The van der Waals surface area contributed by atoms with Crippen molar-refractivity contribution in [3.8, 4) is 5.75 Å². The molecule has 112 valence electrons. The highest BCUT2D eigenvalue weighted by Gasteiger charge is 2.26. The Labute approximate surface area is 134 Å². The normalized spacial score (nSPS) is 22.6. The third-order valence-electron chi connectivity index (χ3n) is 3.64. The Hall–Kier alpha value is -0.450. The molecule has 0 radical (unpaired) electrons. The van der Waals surface area contributed by atoms with Gasteiger partial charge in [0.15, 0.2) is 5.75 Å². The largest absolute Gasteiger partial charge is 0.491 e. The molecule has 0 amide bonds. The van der Waals surface area contributed by atoms with Gasteiger partial charge >= 0.3 is 0 Å². The second kappa shape index (κ2) is 7.53. The van der Waals surface area contributed by atoms with E-state index in [2.05, 4.69) is 21.2 Å². The molecular weight excluding hydrogens is 342 g/mol. The summed E-state index contributed by atoms with van der Waals surface area (Å²) in [5, 5.41) is 4.24. The van der Waals surface area contributed by atoms with Crippen LogP contribution in [0.5, 0.6) is 5.75 Å². The predicted octanol–water partition coefficient (Wildman–Crippen LogP) is 4.87. The number of hydrogen-bond donors (Lipinski definition) is 1. The fourth-order valence-electron chi connectivity index (χ4n) is 2.70. The first-order valence-electron chi connectivity index (χ1n) is 7.07. The lowest BCUT2D eigenvalue weighted by Gasteiger charge is -2.32. The molecule has 5 heteroatoms. The van der Waals surface area contributed by atoms with Crippen LogP contribution in [0.1, 0.15) is 32.6 Å². The van der Waals surface area contributed by atoms with E-state index in [-0.39, 0.29) is 6.10 Å². The quantitative estimate of drug-likeness (QED) is 0.810. The fraction of sp³-hybridized carbons (Fsp3) is 0.600. The molecule has 2 unspecified atom stereocenters. The second-order valence-electron chi connectivity index (χ2n) is 5.01. The first kappa shape index (κ1) is 15.9. The maximum absolute atomic E-state index is 6.15. The van der Waals surface area contributed by atoms with Gasteiger partial charge in [0.25, 0.3) is 0 Å². The first-order valence-corrected chi connectivity index (χ1v) is 8.24. The number of nitrogens with one attached hydrogen (secondary N) is 1. The average molecular weight is 363 g/mol. The molecule has 20 heavy (non-hydrogen) atoms. The summed E-state index contributed by atoms with van der Waals surface area (Å²) in [7, 11) is 1.78. The maximum atomic E-state index is 6.15. The lowest BCUT2D eigenvalue weighted by atomic mass is 9.92. The molecule has 1 aliphatic rings. The van der Waals surface area contributed by atoms with Crippen molar-refractivity contribution >= 4 is 33.2 Å². The van der Waals surface area contributed by atoms with Crippen LogP contribution in [-0.4, -0.2) is 25.9 Å². The van der Waals surface area contributed by atoms with Crippen LogP contribution in [0.15, 0.2) is 16.6 Å². The standard InChI is InChI=1S/C15H21BrClNO2/c1-3-20-15-11(16)8-10(17)9-13(15)18-12-6-4-5-7-14(12)19-2/h8-9,12,14,18H,3-7H2,1-2H3. The van der Waals surface area contributed by atoms with Crippen molar-refractivity contribution in [1.82, 2.24) is 0 Å². The number of halogens is 2. The summed E-state index contributed by atoms with van der Waals surface area (Å²) < 4.78 is 12.2. The topological polar surface area (TPSA) is 30.5 Å². The van der Waals surface area contributed by atoms with Gasteiger partial charge in [-0.1, -0.05) is 24.4 Å². The molecule has 1 aliphatic carbocycles. The summed E-state index contributed by atoms with van der Waals surface area (Å²) in [5.41, 5.74) is 0.931. The second-order valence-corrected chi connectivity index (χ2v) is 6.30. The molecule has 1 fully saturated rings. The van der Waals surface area contributed by atoms with E-state index in [4.69, 9.17) is 21.1 Å². The van der Waals surface area contributed by atoms with Gasteiger partial charge in [0.05, 0.1) is 28.9 Å². The van der Waals surface area contributed by atoms with E-state index >= 15 is 0 Å². The summed E-state index contributed by atoms with van der Waals surface area (Å²) in [5.74, 6) is 0.817. The zero-order chi connectivity index (χ0) is 14.5. The van der Waals surface area contributed by atoms with Crippen LogP contribution in [0.25, 0.3) is 0 Å². The number of methoxy groups -OCH3 is 1. The van der Waals surface area contributed by atoms with E-state index in [1.807, 2.05) is 19.1 Å². The van der Waals surface area contributed by atoms with Gasteiger partial charge in [-0.2, -0.15) is 0 Å². The van der Waals surface area contributed by atoms with Crippen LogP contribution in [0.2, 0.25) is 5.02 Å². The lowest BCUT2D eigenvalue weighted by molar-refractivity contribution is 0.0605. The SMILES string of the molecule is CCOc1c(Br)cc(Cl)cc1NC1CCCCC1OC. The third kappa shape index (κ3) is 3.80. The molecule has 2 rings (SSSR count). The van der Waals surface area contributed by atoms with Crippen LogP contribution in [-0.2, 0) is 4.74 Å². The van der Waals surface area contributed by atoms with Gasteiger partial charge < -0.3 is 14.8 Å². The van der Waals surface area contributed by atoms with Crippen LogP contribution >= 0.6 is 27.5 Å². The Balaban J connectivity index is 2.22. The van der Waals surface area contributed by atoms with E-state index in [1.165, 1.54) is 12.8 Å². The van der Waals surface area contributed by atoms with Crippen LogP contribution < -0.4 is 10.1 Å². The monoisotopic (exact) mass is 361 g/mol. The smallest absolute Gasteiger partial charge is 0.156 e. The lowest BCUT2D eigenvalue weighted by Crippen LogP contribution is -2.37. The number of ether oxygens (including phenoxy) is 2. The van der Waals surface area contributed by atoms with Gasteiger partial charge in [0, 0.05) is 12.1 Å². The van der Waals surface area contributed by atoms with Crippen molar-refractivity contribution in [2.45, 2.75) is 44.8 Å². The van der Waals surface area contributed by atoms with Gasteiger partial charge in [-0.15, -0.1) is 0 Å². The zero-order valence-corrected chi connectivity index (χ0v) is 14.3. The van der Waals surface area contributed by atoms with E-state index in [0.29, 0.717) is 17.7 Å². The van der Waals surface area contributed by atoms with Crippen molar-refractivity contribution in [1.29, 1.82) is 0 Å².